The highest BCUT2D eigenvalue weighted by Crippen LogP contribution is 2.28. The zero-order valence-electron chi connectivity index (χ0n) is 10.2. The van der Waals surface area contributed by atoms with Crippen molar-refractivity contribution < 1.29 is 17.9 Å². The molecule has 0 aliphatic heterocycles. The highest BCUT2D eigenvalue weighted by atomic mass is 19.4. The van der Waals surface area contributed by atoms with Crippen molar-refractivity contribution in [1.29, 1.82) is 0 Å². The first-order valence-electron chi connectivity index (χ1n) is 5.55. The van der Waals surface area contributed by atoms with Gasteiger partial charge in [-0.1, -0.05) is 18.2 Å². The van der Waals surface area contributed by atoms with Gasteiger partial charge in [-0.25, -0.2) is 4.98 Å². The minimum atomic E-state index is -4.75. The van der Waals surface area contributed by atoms with Crippen LogP contribution in [0.25, 0.3) is 0 Å². The molecule has 0 unspecified atom stereocenters. The van der Waals surface area contributed by atoms with Crippen LogP contribution in [0, 0.1) is 0 Å². The second kappa shape index (κ2) is 5.24. The van der Waals surface area contributed by atoms with Crippen LogP contribution in [0.2, 0.25) is 0 Å². The van der Waals surface area contributed by atoms with Crippen LogP contribution in [-0.4, -0.2) is 16.3 Å². The Kier molecular flexibility index (Phi) is 3.64. The third-order valence-corrected chi connectivity index (χ3v) is 2.50. The van der Waals surface area contributed by atoms with Crippen LogP contribution in [0.15, 0.2) is 30.5 Å². The maximum atomic E-state index is 12.3. The molecule has 106 valence electrons. The van der Waals surface area contributed by atoms with Crippen LogP contribution in [0.5, 0.6) is 5.75 Å². The van der Waals surface area contributed by atoms with E-state index in [4.69, 9.17) is 11.5 Å². The van der Waals surface area contributed by atoms with Crippen LogP contribution in [-0.2, 0) is 6.42 Å². The van der Waals surface area contributed by atoms with Gasteiger partial charge in [0, 0.05) is 18.2 Å². The third kappa shape index (κ3) is 3.50. The Morgan fingerprint density at radius 2 is 1.80 bits per heavy atom. The van der Waals surface area contributed by atoms with E-state index < -0.39 is 6.36 Å². The summed E-state index contributed by atoms with van der Waals surface area (Å²) in [5.74, 6) is -0.151. The van der Waals surface area contributed by atoms with E-state index in [0.717, 1.165) is 0 Å². The van der Waals surface area contributed by atoms with E-state index in [0.29, 0.717) is 11.1 Å². The second-order valence-corrected chi connectivity index (χ2v) is 3.97. The Morgan fingerprint density at radius 1 is 1.10 bits per heavy atom. The van der Waals surface area contributed by atoms with Gasteiger partial charge >= 0.3 is 6.36 Å². The van der Waals surface area contributed by atoms with E-state index >= 15 is 0 Å². The lowest BCUT2D eigenvalue weighted by Gasteiger charge is -2.13. The molecule has 0 radical (unpaired) electrons. The predicted molar refractivity (Wildman–Crippen MR) is 66.8 cm³/mol. The molecule has 0 fully saturated rings. The topological polar surface area (TPSA) is 87.0 Å². The highest BCUT2D eigenvalue weighted by Gasteiger charge is 2.32. The Bertz CT molecular complexity index is 616. The number of hydrogen-bond acceptors (Lipinski definition) is 5. The van der Waals surface area contributed by atoms with Gasteiger partial charge in [-0.05, 0) is 11.6 Å². The summed E-state index contributed by atoms with van der Waals surface area (Å²) in [6.45, 7) is 0. The van der Waals surface area contributed by atoms with Gasteiger partial charge < -0.3 is 16.2 Å². The molecule has 1 aromatic heterocycles. The largest absolute Gasteiger partial charge is 0.573 e. The average molecular weight is 284 g/mol. The molecule has 4 N–H and O–H groups in total. The quantitative estimate of drug-likeness (QED) is 0.901. The van der Waals surface area contributed by atoms with Crippen LogP contribution >= 0.6 is 0 Å². The van der Waals surface area contributed by atoms with E-state index in [2.05, 4.69) is 14.7 Å². The summed E-state index contributed by atoms with van der Waals surface area (Å²) < 4.78 is 40.9. The maximum absolute atomic E-state index is 12.3. The van der Waals surface area contributed by atoms with Crippen LogP contribution in [0.1, 0.15) is 11.1 Å². The number of hydrogen-bond donors (Lipinski definition) is 2. The fourth-order valence-electron chi connectivity index (χ4n) is 1.65. The van der Waals surface area contributed by atoms with Crippen molar-refractivity contribution in [1.82, 2.24) is 9.97 Å². The van der Waals surface area contributed by atoms with E-state index in [-0.39, 0.29) is 23.9 Å². The van der Waals surface area contributed by atoms with Gasteiger partial charge in [0.25, 0.3) is 0 Å². The fraction of sp³-hybridized carbons (Fsp3) is 0.167. The number of alkyl halides is 3. The molecule has 0 bridgehead atoms. The Labute approximate surface area is 112 Å². The van der Waals surface area contributed by atoms with Crippen molar-refractivity contribution in [3.8, 4) is 5.75 Å². The van der Waals surface area contributed by atoms with Gasteiger partial charge in [-0.3, -0.25) is 0 Å². The molecule has 0 amide bonds. The summed E-state index contributed by atoms with van der Waals surface area (Å²) in [6.07, 6.45) is -3.26. The van der Waals surface area contributed by atoms with Gasteiger partial charge in [0.2, 0.25) is 5.95 Å². The molecule has 0 atom stereocenters. The lowest BCUT2D eigenvalue weighted by Crippen LogP contribution is -2.18. The second-order valence-electron chi connectivity index (χ2n) is 3.97. The molecule has 20 heavy (non-hydrogen) atoms. The summed E-state index contributed by atoms with van der Waals surface area (Å²) in [6, 6.07) is 5.80. The molecule has 8 heteroatoms. The zero-order chi connectivity index (χ0) is 14.8. The van der Waals surface area contributed by atoms with Gasteiger partial charge in [0.05, 0.1) is 0 Å². The van der Waals surface area contributed by atoms with Crippen LogP contribution in [0.4, 0.5) is 24.9 Å². The van der Waals surface area contributed by atoms with Crippen molar-refractivity contribution in [3.63, 3.8) is 0 Å². The zero-order valence-corrected chi connectivity index (χ0v) is 10.2. The molecule has 0 aliphatic carbocycles. The van der Waals surface area contributed by atoms with Crippen molar-refractivity contribution in [2.45, 2.75) is 12.8 Å². The lowest BCUT2D eigenvalue weighted by atomic mass is 10.1. The molecule has 1 heterocycles. The number of para-hydroxylation sites is 1. The van der Waals surface area contributed by atoms with Crippen LogP contribution < -0.4 is 16.2 Å². The SMILES string of the molecule is Nc1ncc(Cc2ccccc2OC(F)(F)F)c(N)n1. The summed E-state index contributed by atoms with van der Waals surface area (Å²) in [4.78, 5) is 7.52. The third-order valence-electron chi connectivity index (χ3n) is 2.50. The first-order valence-corrected chi connectivity index (χ1v) is 5.55. The predicted octanol–water partition coefficient (Wildman–Crippen LogP) is 2.13. The van der Waals surface area contributed by atoms with Crippen molar-refractivity contribution >= 4 is 11.8 Å². The van der Waals surface area contributed by atoms with Crippen molar-refractivity contribution in [2.75, 3.05) is 11.5 Å². The van der Waals surface area contributed by atoms with Gasteiger partial charge in [-0.2, -0.15) is 4.98 Å². The smallest absolute Gasteiger partial charge is 0.405 e. The first kappa shape index (κ1) is 13.9. The van der Waals surface area contributed by atoms with Crippen molar-refractivity contribution in [2.24, 2.45) is 0 Å². The molecule has 5 nitrogen and oxygen atoms in total. The monoisotopic (exact) mass is 284 g/mol. The molecule has 0 spiro atoms. The van der Waals surface area contributed by atoms with E-state index in [1.54, 1.807) is 6.07 Å². The molecule has 2 aromatic rings. The summed E-state index contributed by atoms with van der Waals surface area (Å²) in [5, 5.41) is 0. The minimum Gasteiger partial charge on any atom is -0.405 e. The number of ether oxygens (including phenoxy) is 1. The summed E-state index contributed by atoms with van der Waals surface area (Å²) >= 11 is 0. The van der Waals surface area contributed by atoms with Gasteiger partial charge in [-0.15, -0.1) is 13.2 Å². The highest BCUT2D eigenvalue weighted by molar-refractivity contribution is 5.46. The number of nitrogens with zero attached hydrogens (tertiary/aromatic N) is 2. The number of halogens is 3. The number of benzene rings is 1. The minimum absolute atomic E-state index is 0.00563. The number of aromatic nitrogens is 2. The van der Waals surface area contributed by atoms with Gasteiger partial charge in [0.1, 0.15) is 11.6 Å². The van der Waals surface area contributed by atoms with E-state index in [1.807, 2.05) is 0 Å². The number of anilines is 2. The summed E-state index contributed by atoms with van der Waals surface area (Å²) in [5.41, 5.74) is 11.8. The molecule has 2 rings (SSSR count). The average Bonchev–Trinajstić information content (AvgIpc) is 2.33. The van der Waals surface area contributed by atoms with E-state index in [9.17, 15) is 13.2 Å². The maximum Gasteiger partial charge on any atom is 0.573 e. The molecule has 0 aliphatic rings. The lowest BCUT2D eigenvalue weighted by molar-refractivity contribution is -0.274. The normalized spacial score (nSPS) is 11.3. The Balaban J connectivity index is 2.29. The standard InChI is InChI=1S/C12H11F3N4O/c13-12(14,15)20-9-4-2-1-3-7(9)5-8-6-18-11(17)19-10(8)16/h1-4,6H,5H2,(H4,16,17,18,19). The van der Waals surface area contributed by atoms with Gasteiger partial charge in [0.15, 0.2) is 0 Å². The first-order chi connectivity index (χ1) is 9.35. The van der Waals surface area contributed by atoms with E-state index in [1.165, 1.54) is 24.4 Å². The number of rotatable bonds is 3. The Hall–Kier alpha value is -2.51. The summed E-state index contributed by atoms with van der Waals surface area (Å²) in [7, 11) is 0. The van der Waals surface area contributed by atoms with Crippen LogP contribution in [0.3, 0.4) is 0 Å². The molecular weight excluding hydrogens is 273 g/mol. The Morgan fingerprint density at radius 3 is 2.45 bits per heavy atom. The molecule has 0 saturated heterocycles. The molecular formula is C12H11F3N4O. The number of nitrogen functional groups attached to an aromatic ring is 2. The number of nitrogens with two attached hydrogens (primary N) is 2. The molecule has 0 saturated carbocycles. The van der Waals surface area contributed by atoms with Crippen molar-refractivity contribution in [3.05, 3.63) is 41.6 Å². The fourth-order valence-corrected chi connectivity index (χ4v) is 1.65. The molecule has 1 aromatic carbocycles.